The lowest BCUT2D eigenvalue weighted by Gasteiger charge is -2.25. The Labute approximate surface area is 188 Å². The lowest BCUT2D eigenvalue weighted by atomic mass is 10.0. The first-order chi connectivity index (χ1) is 15.5. The number of rotatable bonds is 9. The second kappa shape index (κ2) is 10.7. The van der Waals surface area contributed by atoms with Crippen molar-refractivity contribution in [3.8, 4) is 23.0 Å². The van der Waals surface area contributed by atoms with Gasteiger partial charge in [-0.05, 0) is 49.1 Å². The number of hydrogen-bond donors (Lipinski definition) is 1. The van der Waals surface area contributed by atoms with Crippen LogP contribution < -0.4 is 24.3 Å². The molecule has 1 atom stereocenters. The van der Waals surface area contributed by atoms with Gasteiger partial charge in [-0.15, -0.1) is 0 Å². The van der Waals surface area contributed by atoms with Crippen LogP contribution in [0.1, 0.15) is 28.8 Å². The van der Waals surface area contributed by atoms with Crippen molar-refractivity contribution in [1.82, 2.24) is 10.2 Å². The smallest absolute Gasteiger partial charge is 0.251 e. The summed E-state index contributed by atoms with van der Waals surface area (Å²) in [6.07, 6.45) is 2.63. The van der Waals surface area contributed by atoms with Crippen LogP contribution in [0.2, 0.25) is 0 Å². The Morgan fingerprint density at radius 3 is 2.34 bits per heavy atom. The van der Waals surface area contributed by atoms with Crippen LogP contribution in [-0.2, 0) is 11.2 Å². The zero-order valence-electron chi connectivity index (χ0n) is 19.0. The Balaban J connectivity index is 1.63. The van der Waals surface area contributed by atoms with Crippen molar-refractivity contribution in [2.24, 2.45) is 0 Å². The number of methoxy groups -OCH3 is 4. The molecule has 0 aliphatic carbocycles. The maximum atomic E-state index is 12.9. The lowest BCUT2D eigenvalue weighted by molar-refractivity contribution is -0.130. The predicted octanol–water partition coefficient (Wildman–Crippen LogP) is 2.68. The Morgan fingerprint density at radius 2 is 1.72 bits per heavy atom. The number of carbonyl (C=O) groups excluding carboxylic acids is 2. The molecule has 8 nitrogen and oxygen atoms in total. The van der Waals surface area contributed by atoms with Crippen molar-refractivity contribution >= 4 is 11.8 Å². The van der Waals surface area contributed by atoms with Crippen molar-refractivity contribution in [3.63, 3.8) is 0 Å². The van der Waals surface area contributed by atoms with E-state index in [1.807, 2.05) is 29.2 Å². The molecule has 2 aromatic carbocycles. The average molecular weight is 443 g/mol. The molecule has 2 aromatic rings. The fourth-order valence-corrected chi connectivity index (χ4v) is 4.02. The van der Waals surface area contributed by atoms with E-state index in [2.05, 4.69) is 5.32 Å². The van der Waals surface area contributed by atoms with Crippen LogP contribution in [-0.4, -0.2) is 64.3 Å². The van der Waals surface area contributed by atoms with Gasteiger partial charge < -0.3 is 29.2 Å². The first kappa shape index (κ1) is 23.2. The van der Waals surface area contributed by atoms with E-state index in [1.165, 1.54) is 21.3 Å². The van der Waals surface area contributed by atoms with Gasteiger partial charge in [-0.25, -0.2) is 0 Å². The highest BCUT2D eigenvalue weighted by atomic mass is 16.5. The number of hydrogen-bond acceptors (Lipinski definition) is 6. The van der Waals surface area contributed by atoms with Gasteiger partial charge in [0.05, 0.1) is 35.0 Å². The summed E-state index contributed by atoms with van der Waals surface area (Å²) in [6.45, 7) is 0.609. The fourth-order valence-electron chi connectivity index (χ4n) is 4.02. The number of benzene rings is 2. The number of nitrogens with one attached hydrogen (secondary N) is 1. The van der Waals surface area contributed by atoms with E-state index < -0.39 is 0 Å². The van der Waals surface area contributed by atoms with Crippen LogP contribution in [0.4, 0.5) is 0 Å². The number of carbonyl (C=O) groups is 2. The molecule has 0 aromatic heterocycles. The lowest BCUT2D eigenvalue weighted by Crippen LogP contribution is -2.43. The Morgan fingerprint density at radius 1 is 1.00 bits per heavy atom. The molecule has 1 aliphatic rings. The summed E-state index contributed by atoms with van der Waals surface area (Å²) in [6, 6.07) is 11.1. The quantitative estimate of drug-likeness (QED) is 0.643. The van der Waals surface area contributed by atoms with Gasteiger partial charge in [0.25, 0.3) is 5.91 Å². The summed E-state index contributed by atoms with van der Waals surface area (Å²) in [5.74, 6) is 1.47. The normalized spacial score (nSPS) is 15.2. The highest BCUT2D eigenvalue weighted by Gasteiger charge is 2.29. The molecule has 0 bridgehead atoms. The van der Waals surface area contributed by atoms with Crippen LogP contribution in [0, 0.1) is 0 Å². The monoisotopic (exact) mass is 442 g/mol. The summed E-state index contributed by atoms with van der Waals surface area (Å²) in [5.41, 5.74) is 1.44. The van der Waals surface area contributed by atoms with Crippen LogP contribution in [0.5, 0.6) is 23.0 Å². The molecule has 0 radical (unpaired) electrons. The first-order valence-corrected chi connectivity index (χ1v) is 10.5. The van der Waals surface area contributed by atoms with Crippen molar-refractivity contribution < 1.29 is 28.5 Å². The SMILES string of the molecule is COc1cccc(CC2CCCN2C(=O)CNC(=O)c2cc(OC)c(OC)c(OC)c2)c1. The molecular formula is C24H30N2O6. The minimum Gasteiger partial charge on any atom is -0.497 e. The van der Waals surface area contributed by atoms with Crippen LogP contribution in [0.15, 0.2) is 36.4 Å². The molecule has 172 valence electrons. The number of likely N-dealkylation sites (tertiary alicyclic amines) is 1. The third kappa shape index (κ3) is 5.25. The minimum absolute atomic E-state index is 0.0793. The van der Waals surface area contributed by atoms with E-state index in [0.717, 1.165) is 30.6 Å². The molecule has 1 heterocycles. The molecule has 1 aliphatic heterocycles. The molecule has 1 fully saturated rings. The maximum Gasteiger partial charge on any atom is 0.251 e. The third-order valence-corrected chi connectivity index (χ3v) is 5.63. The van der Waals surface area contributed by atoms with E-state index in [0.29, 0.717) is 29.4 Å². The van der Waals surface area contributed by atoms with Gasteiger partial charge in [-0.1, -0.05) is 12.1 Å². The summed E-state index contributed by atoms with van der Waals surface area (Å²) in [4.78, 5) is 27.4. The van der Waals surface area contributed by atoms with Crippen molar-refractivity contribution in [2.75, 3.05) is 41.5 Å². The molecule has 0 spiro atoms. The van der Waals surface area contributed by atoms with Crippen molar-refractivity contribution in [3.05, 3.63) is 47.5 Å². The van der Waals surface area contributed by atoms with Crippen LogP contribution in [0.3, 0.4) is 0 Å². The summed E-state index contributed by atoms with van der Waals surface area (Å²) in [5, 5.41) is 2.72. The molecule has 1 N–H and O–H groups in total. The van der Waals surface area contributed by atoms with Gasteiger partial charge in [0.2, 0.25) is 11.7 Å². The average Bonchev–Trinajstić information content (AvgIpc) is 3.29. The highest BCUT2D eigenvalue weighted by Crippen LogP contribution is 2.38. The molecule has 32 heavy (non-hydrogen) atoms. The molecule has 8 heteroatoms. The van der Waals surface area contributed by atoms with Crippen LogP contribution >= 0.6 is 0 Å². The van der Waals surface area contributed by atoms with E-state index in [-0.39, 0.29) is 24.4 Å². The fraction of sp³-hybridized carbons (Fsp3) is 0.417. The Hall–Kier alpha value is -3.42. The molecule has 2 amide bonds. The molecular weight excluding hydrogens is 412 g/mol. The van der Waals surface area contributed by atoms with E-state index in [9.17, 15) is 9.59 Å². The van der Waals surface area contributed by atoms with Gasteiger partial charge >= 0.3 is 0 Å². The van der Waals surface area contributed by atoms with Crippen molar-refractivity contribution in [2.45, 2.75) is 25.3 Å². The van der Waals surface area contributed by atoms with E-state index in [4.69, 9.17) is 18.9 Å². The second-order valence-electron chi connectivity index (χ2n) is 7.54. The molecule has 1 saturated heterocycles. The zero-order valence-corrected chi connectivity index (χ0v) is 19.0. The Kier molecular flexibility index (Phi) is 7.81. The second-order valence-corrected chi connectivity index (χ2v) is 7.54. The third-order valence-electron chi connectivity index (χ3n) is 5.63. The first-order valence-electron chi connectivity index (χ1n) is 10.5. The maximum absolute atomic E-state index is 12.9. The van der Waals surface area contributed by atoms with Crippen LogP contribution in [0.25, 0.3) is 0 Å². The predicted molar refractivity (Wildman–Crippen MR) is 120 cm³/mol. The van der Waals surface area contributed by atoms with Gasteiger partial charge in [0, 0.05) is 18.2 Å². The molecule has 1 unspecified atom stereocenters. The highest BCUT2D eigenvalue weighted by molar-refractivity contribution is 5.97. The van der Waals surface area contributed by atoms with Gasteiger partial charge in [0.1, 0.15) is 5.75 Å². The number of ether oxygens (including phenoxy) is 4. The van der Waals surface area contributed by atoms with Crippen molar-refractivity contribution in [1.29, 1.82) is 0 Å². The Bertz CT molecular complexity index is 936. The largest absolute Gasteiger partial charge is 0.497 e. The van der Waals surface area contributed by atoms with E-state index in [1.54, 1.807) is 19.2 Å². The number of nitrogens with zero attached hydrogens (tertiary/aromatic N) is 1. The van der Waals surface area contributed by atoms with Gasteiger partial charge in [-0.2, -0.15) is 0 Å². The summed E-state index contributed by atoms with van der Waals surface area (Å²) >= 11 is 0. The summed E-state index contributed by atoms with van der Waals surface area (Å²) in [7, 11) is 6.11. The zero-order chi connectivity index (χ0) is 23.1. The van der Waals surface area contributed by atoms with Gasteiger partial charge in [-0.3, -0.25) is 9.59 Å². The topological polar surface area (TPSA) is 86.3 Å². The van der Waals surface area contributed by atoms with Gasteiger partial charge in [0.15, 0.2) is 11.5 Å². The standard InChI is InChI=1S/C24H30N2O6/c1-29-19-9-5-7-16(12-19)11-18-8-6-10-26(18)22(27)15-25-24(28)17-13-20(30-2)23(32-4)21(14-17)31-3/h5,7,9,12-14,18H,6,8,10-11,15H2,1-4H3,(H,25,28). The summed E-state index contributed by atoms with van der Waals surface area (Å²) < 4.78 is 21.2. The number of amides is 2. The molecule has 0 saturated carbocycles. The van der Waals surface area contributed by atoms with E-state index >= 15 is 0 Å². The minimum atomic E-state index is -0.388. The molecule has 3 rings (SSSR count).